The van der Waals surface area contributed by atoms with Crippen LogP contribution < -0.4 is 10.6 Å². The number of carbonyl (C=O) groups excluding carboxylic acids is 3. The molecule has 0 spiro atoms. The Morgan fingerprint density at radius 1 is 0.905 bits per heavy atom. The fraction of sp³-hybridized carbons (Fsp3) is 0.382. The van der Waals surface area contributed by atoms with E-state index in [1.165, 1.54) is 0 Å². The molecule has 3 aromatic carbocycles. The highest BCUT2D eigenvalue weighted by atomic mass is 35.5. The average molecular weight is 592 g/mol. The van der Waals surface area contributed by atoms with Gasteiger partial charge in [-0.15, -0.1) is 0 Å². The van der Waals surface area contributed by atoms with Crippen molar-refractivity contribution in [2.45, 2.75) is 78.0 Å². The minimum atomic E-state index is -0.968. The van der Waals surface area contributed by atoms with Crippen molar-refractivity contribution in [1.29, 1.82) is 0 Å². The van der Waals surface area contributed by atoms with Gasteiger partial charge in [-0.25, -0.2) is 4.79 Å². The van der Waals surface area contributed by atoms with E-state index in [1.54, 1.807) is 31.7 Å². The number of nitrogens with zero attached hydrogens (tertiary/aromatic N) is 1. The van der Waals surface area contributed by atoms with Crippen LogP contribution in [0.1, 0.15) is 69.7 Å². The third kappa shape index (κ3) is 9.62. The predicted molar refractivity (Wildman–Crippen MR) is 169 cm³/mol. The third-order valence-corrected chi connectivity index (χ3v) is 7.02. The van der Waals surface area contributed by atoms with Crippen molar-refractivity contribution in [3.8, 4) is 0 Å². The van der Waals surface area contributed by atoms with Crippen LogP contribution in [0.5, 0.6) is 0 Å². The van der Waals surface area contributed by atoms with Gasteiger partial charge in [0.05, 0.1) is 10.7 Å². The first-order valence-corrected chi connectivity index (χ1v) is 14.8. The van der Waals surface area contributed by atoms with E-state index in [4.69, 9.17) is 16.3 Å². The molecule has 0 aliphatic heterocycles. The Bertz CT molecular complexity index is 1310. The SMILES string of the molecule is CCCCCN(C(=O)C(Cc1ccccc1)NC(=O)OC(C)(C)C)C(C(=O)Nc1c(C)cccc1Cl)c1ccccc1. The standard InChI is InChI=1S/C34H42ClN3O4/c1-6-7-14-22-38(32(40)28(23-25-17-10-8-11-18-25)36-33(41)42-34(3,4)5)30(26-19-12-9-13-20-26)31(39)37-29-24(2)16-15-21-27(29)35/h8-13,15-21,28,30H,6-7,14,22-23H2,1-5H3,(H,36,41)(H,37,39). The van der Waals surface area contributed by atoms with E-state index < -0.39 is 29.7 Å². The monoisotopic (exact) mass is 591 g/mol. The lowest BCUT2D eigenvalue weighted by Crippen LogP contribution is -2.53. The Labute approximate surface area is 254 Å². The molecule has 0 saturated heterocycles. The van der Waals surface area contributed by atoms with Gasteiger partial charge < -0.3 is 20.3 Å². The van der Waals surface area contributed by atoms with Gasteiger partial charge in [0.2, 0.25) is 5.91 Å². The molecule has 224 valence electrons. The summed E-state index contributed by atoms with van der Waals surface area (Å²) in [6.07, 6.45) is 2.04. The minimum absolute atomic E-state index is 0.232. The van der Waals surface area contributed by atoms with Crippen LogP contribution in [0.15, 0.2) is 78.9 Å². The van der Waals surface area contributed by atoms with Crippen LogP contribution in [0, 0.1) is 6.92 Å². The van der Waals surface area contributed by atoms with Crippen LogP contribution in [-0.2, 0) is 20.7 Å². The number of hydrogen-bond acceptors (Lipinski definition) is 4. The lowest BCUT2D eigenvalue weighted by Gasteiger charge is -2.35. The molecule has 0 radical (unpaired) electrons. The molecule has 2 atom stereocenters. The number of hydrogen-bond donors (Lipinski definition) is 2. The Hall–Kier alpha value is -3.84. The molecule has 0 saturated carbocycles. The number of anilines is 1. The molecule has 0 bridgehead atoms. The number of amides is 3. The highest BCUT2D eigenvalue weighted by Gasteiger charge is 2.36. The lowest BCUT2D eigenvalue weighted by atomic mass is 9.99. The minimum Gasteiger partial charge on any atom is -0.444 e. The first-order valence-electron chi connectivity index (χ1n) is 14.4. The largest absolute Gasteiger partial charge is 0.444 e. The molecule has 8 heteroatoms. The first-order chi connectivity index (χ1) is 20.0. The smallest absolute Gasteiger partial charge is 0.408 e. The quantitative estimate of drug-likeness (QED) is 0.214. The summed E-state index contributed by atoms with van der Waals surface area (Å²) < 4.78 is 5.52. The third-order valence-electron chi connectivity index (χ3n) is 6.70. The number of alkyl carbamates (subject to hydrolysis) is 1. The summed E-state index contributed by atoms with van der Waals surface area (Å²) >= 11 is 6.46. The van der Waals surface area contributed by atoms with Crippen molar-refractivity contribution in [2.24, 2.45) is 0 Å². The average Bonchev–Trinajstić information content (AvgIpc) is 2.94. The number of ether oxygens (including phenoxy) is 1. The molecular formula is C34H42ClN3O4. The van der Waals surface area contributed by atoms with Crippen LogP contribution >= 0.6 is 11.6 Å². The van der Waals surface area contributed by atoms with Crippen molar-refractivity contribution in [2.75, 3.05) is 11.9 Å². The van der Waals surface area contributed by atoms with Gasteiger partial charge in [0, 0.05) is 13.0 Å². The molecular weight excluding hydrogens is 550 g/mol. The van der Waals surface area contributed by atoms with E-state index in [2.05, 4.69) is 17.6 Å². The number of rotatable bonds is 12. The second-order valence-electron chi connectivity index (χ2n) is 11.4. The van der Waals surface area contributed by atoms with Crippen LogP contribution in [0.3, 0.4) is 0 Å². The van der Waals surface area contributed by atoms with E-state index in [1.807, 2.05) is 79.7 Å². The van der Waals surface area contributed by atoms with Crippen molar-refractivity contribution >= 4 is 35.2 Å². The van der Waals surface area contributed by atoms with E-state index in [9.17, 15) is 14.4 Å². The van der Waals surface area contributed by atoms with Crippen molar-refractivity contribution < 1.29 is 19.1 Å². The summed E-state index contributed by atoms with van der Waals surface area (Å²) in [4.78, 5) is 43.1. The summed E-state index contributed by atoms with van der Waals surface area (Å²) in [6.45, 7) is 9.57. The Morgan fingerprint density at radius 3 is 2.14 bits per heavy atom. The van der Waals surface area contributed by atoms with Gasteiger partial charge in [-0.3, -0.25) is 9.59 Å². The molecule has 3 aromatic rings. The molecule has 2 N–H and O–H groups in total. The summed E-state index contributed by atoms with van der Waals surface area (Å²) in [6, 6.07) is 22.1. The van der Waals surface area contributed by atoms with Crippen molar-refractivity contribution in [1.82, 2.24) is 10.2 Å². The van der Waals surface area contributed by atoms with Crippen LogP contribution in [0.2, 0.25) is 5.02 Å². The van der Waals surface area contributed by atoms with Gasteiger partial charge in [0.25, 0.3) is 5.91 Å². The number of benzene rings is 3. The molecule has 42 heavy (non-hydrogen) atoms. The fourth-order valence-electron chi connectivity index (χ4n) is 4.69. The molecule has 0 heterocycles. The number of halogens is 1. The lowest BCUT2D eigenvalue weighted by molar-refractivity contribution is -0.140. The zero-order valence-electron chi connectivity index (χ0n) is 25.2. The maximum Gasteiger partial charge on any atom is 0.408 e. The normalized spacial score (nSPS) is 12.6. The van der Waals surface area contributed by atoms with E-state index in [0.29, 0.717) is 29.2 Å². The van der Waals surface area contributed by atoms with Gasteiger partial charge in [0.1, 0.15) is 17.7 Å². The maximum absolute atomic E-state index is 14.5. The first kappa shape index (κ1) is 32.7. The molecule has 7 nitrogen and oxygen atoms in total. The summed E-state index contributed by atoms with van der Waals surface area (Å²) in [5.74, 6) is -0.765. The van der Waals surface area contributed by atoms with Crippen LogP contribution in [0.25, 0.3) is 0 Å². The molecule has 0 aromatic heterocycles. The second kappa shape index (κ2) is 15.4. The number of carbonyl (C=O) groups is 3. The van der Waals surface area contributed by atoms with E-state index >= 15 is 0 Å². The number of unbranched alkanes of at least 4 members (excludes halogenated alkanes) is 2. The molecule has 3 amide bonds. The molecule has 0 aliphatic rings. The van der Waals surface area contributed by atoms with Gasteiger partial charge in [-0.05, 0) is 56.9 Å². The van der Waals surface area contributed by atoms with Crippen molar-refractivity contribution in [3.05, 3.63) is 101 Å². The summed E-state index contributed by atoms with van der Waals surface area (Å²) in [5.41, 5.74) is 2.08. The second-order valence-corrected chi connectivity index (χ2v) is 11.8. The Morgan fingerprint density at radius 2 is 1.55 bits per heavy atom. The maximum atomic E-state index is 14.5. The zero-order valence-corrected chi connectivity index (χ0v) is 25.9. The van der Waals surface area contributed by atoms with Crippen LogP contribution in [0.4, 0.5) is 10.5 Å². The van der Waals surface area contributed by atoms with Crippen LogP contribution in [-0.4, -0.2) is 41.0 Å². The molecule has 0 fully saturated rings. The predicted octanol–water partition coefficient (Wildman–Crippen LogP) is 7.48. The van der Waals surface area contributed by atoms with Gasteiger partial charge in [0.15, 0.2) is 0 Å². The fourth-order valence-corrected chi connectivity index (χ4v) is 4.96. The van der Waals surface area contributed by atoms with Gasteiger partial charge in [-0.1, -0.05) is 104 Å². The van der Waals surface area contributed by atoms with Gasteiger partial charge in [-0.2, -0.15) is 0 Å². The summed E-state index contributed by atoms with van der Waals surface area (Å²) in [5, 5.41) is 6.20. The summed E-state index contributed by atoms with van der Waals surface area (Å²) in [7, 11) is 0. The molecule has 3 rings (SSSR count). The number of nitrogens with one attached hydrogen (secondary N) is 2. The van der Waals surface area contributed by atoms with E-state index in [-0.39, 0.29) is 12.3 Å². The molecule has 0 aliphatic carbocycles. The number of aryl methyl sites for hydroxylation is 1. The highest BCUT2D eigenvalue weighted by molar-refractivity contribution is 6.34. The van der Waals surface area contributed by atoms with E-state index in [0.717, 1.165) is 24.0 Å². The Balaban J connectivity index is 2.06. The topological polar surface area (TPSA) is 87.7 Å². The van der Waals surface area contributed by atoms with Crippen molar-refractivity contribution in [3.63, 3.8) is 0 Å². The number of para-hydroxylation sites is 1. The van der Waals surface area contributed by atoms with Gasteiger partial charge >= 0.3 is 6.09 Å². The Kier molecular flexibility index (Phi) is 12.0. The molecule has 2 unspecified atom stereocenters. The zero-order chi connectivity index (χ0) is 30.7. The highest BCUT2D eigenvalue weighted by Crippen LogP contribution is 2.30.